The van der Waals surface area contributed by atoms with E-state index in [2.05, 4.69) is 37.5 Å². The van der Waals surface area contributed by atoms with E-state index < -0.39 is 0 Å². The number of hydrogen-bond acceptors (Lipinski definition) is 5. The van der Waals surface area contributed by atoms with Crippen LogP contribution < -0.4 is 10.5 Å². The van der Waals surface area contributed by atoms with Crippen molar-refractivity contribution in [3.05, 3.63) is 40.5 Å². The van der Waals surface area contributed by atoms with Crippen LogP contribution in [0.4, 0.5) is 0 Å². The van der Waals surface area contributed by atoms with E-state index in [4.69, 9.17) is 10.5 Å². The minimum Gasteiger partial charge on any atom is -0.484 e. The van der Waals surface area contributed by atoms with Crippen LogP contribution in [0.25, 0.3) is 0 Å². The molecule has 102 valence electrons. The maximum atomic E-state index is 6.00. The van der Waals surface area contributed by atoms with Gasteiger partial charge in [-0.15, -0.1) is 0 Å². The number of nitrogens with zero attached hydrogens (tertiary/aromatic N) is 2. The third-order valence-electron chi connectivity index (χ3n) is 2.81. The summed E-state index contributed by atoms with van der Waals surface area (Å²) in [7, 11) is 0. The van der Waals surface area contributed by atoms with Crippen molar-refractivity contribution in [2.45, 2.75) is 32.4 Å². The SMILES string of the molecule is CCC(N)Cc1cccc(Br)c1OCc1ncon1. The standard InChI is InChI=1S/C13H16BrN3O2/c1-2-10(15)6-9-4-3-5-11(14)13(9)18-7-12-16-8-19-17-12/h3-5,8,10H,2,6-7,15H2,1H3. The minimum atomic E-state index is 0.127. The summed E-state index contributed by atoms with van der Waals surface area (Å²) in [5, 5.41) is 3.72. The molecule has 1 aromatic carbocycles. The molecule has 19 heavy (non-hydrogen) atoms. The normalized spacial score (nSPS) is 12.4. The predicted octanol–water partition coefficient (Wildman–Crippen LogP) is 2.69. The minimum absolute atomic E-state index is 0.127. The lowest BCUT2D eigenvalue weighted by Crippen LogP contribution is -2.21. The lowest BCUT2D eigenvalue weighted by molar-refractivity contribution is 0.281. The number of ether oxygens (including phenoxy) is 1. The third-order valence-corrected chi connectivity index (χ3v) is 3.43. The highest BCUT2D eigenvalue weighted by Gasteiger charge is 2.12. The second-order valence-corrected chi connectivity index (χ2v) is 5.09. The van der Waals surface area contributed by atoms with Gasteiger partial charge in [-0.2, -0.15) is 4.98 Å². The van der Waals surface area contributed by atoms with Crippen LogP contribution in [0.15, 0.2) is 33.6 Å². The van der Waals surface area contributed by atoms with Crippen LogP contribution in [0, 0.1) is 0 Å². The zero-order chi connectivity index (χ0) is 13.7. The molecular formula is C13H16BrN3O2. The zero-order valence-corrected chi connectivity index (χ0v) is 12.3. The molecule has 1 atom stereocenters. The summed E-state index contributed by atoms with van der Waals surface area (Å²) < 4.78 is 11.3. The van der Waals surface area contributed by atoms with Crippen LogP contribution in [0.1, 0.15) is 24.7 Å². The number of halogens is 1. The Morgan fingerprint density at radius 3 is 3.00 bits per heavy atom. The predicted molar refractivity (Wildman–Crippen MR) is 74.7 cm³/mol. The lowest BCUT2D eigenvalue weighted by Gasteiger charge is -2.15. The summed E-state index contributed by atoms with van der Waals surface area (Å²) >= 11 is 3.49. The van der Waals surface area contributed by atoms with Crippen molar-refractivity contribution in [2.75, 3.05) is 0 Å². The molecule has 1 unspecified atom stereocenters. The van der Waals surface area contributed by atoms with Gasteiger partial charge in [0.05, 0.1) is 4.47 Å². The van der Waals surface area contributed by atoms with Gasteiger partial charge in [-0.1, -0.05) is 24.2 Å². The van der Waals surface area contributed by atoms with Gasteiger partial charge in [-0.05, 0) is 40.4 Å². The fourth-order valence-corrected chi connectivity index (χ4v) is 2.22. The van der Waals surface area contributed by atoms with Gasteiger partial charge in [0.15, 0.2) is 6.61 Å². The Morgan fingerprint density at radius 1 is 1.47 bits per heavy atom. The van der Waals surface area contributed by atoms with Crippen molar-refractivity contribution in [3.8, 4) is 5.75 Å². The molecule has 2 aromatic rings. The largest absolute Gasteiger partial charge is 0.484 e. The van der Waals surface area contributed by atoms with Crippen molar-refractivity contribution in [2.24, 2.45) is 5.73 Å². The first kappa shape index (κ1) is 14.0. The zero-order valence-electron chi connectivity index (χ0n) is 10.7. The first-order valence-electron chi connectivity index (χ1n) is 6.11. The van der Waals surface area contributed by atoms with Gasteiger partial charge in [-0.25, -0.2) is 0 Å². The molecule has 0 amide bonds. The highest BCUT2D eigenvalue weighted by atomic mass is 79.9. The number of rotatable bonds is 6. The van der Waals surface area contributed by atoms with Crippen molar-refractivity contribution in [1.29, 1.82) is 0 Å². The van der Waals surface area contributed by atoms with Crippen molar-refractivity contribution in [1.82, 2.24) is 10.1 Å². The van der Waals surface area contributed by atoms with Crippen LogP contribution in [0.5, 0.6) is 5.75 Å². The molecule has 0 aliphatic rings. The quantitative estimate of drug-likeness (QED) is 0.883. The van der Waals surface area contributed by atoms with Gasteiger partial charge >= 0.3 is 0 Å². The summed E-state index contributed by atoms with van der Waals surface area (Å²) in [4.78, 5) is 3.92. The Morgan fingerprint density at radius 2 is 2.32 bits per heavy atom. The average molecular weight is 326 g/mol. The molecule has 0 aliphatic carbocycles. The molecule has 0 aliphatic heterocycles. The van der Waals surface area contributed by atoms with Gasteiger partial charge in [0.2, 0.25) is 12.2 Å². The maximum absolute atomic E-state index is 6.00. The number of para-hydroxylation sites is 1. The third kappa shape index (κ3) is 3.78. The van der Waals surface area contributed by atoms with Crippen LogP contribution in [-0.2, 0) is 13.0 Å². The van der Waals surface area contributed by atoms with Crippen LogP contribution >= 0.6 is 15.9 Å². The molecule has 1 aromatic heterocycles. The van der Waals surface area contributed by atoms with E-state index in [9.17, 15) is 0 Å². The molecule has 2 N–H and O–H groups in total. The van der Waals surface area contributed by atoms with Crippen LogP contribution in [-0.4, -0.2) is 16.2 Å². The Kier molecular flexibility index (Phi) is 4.93. The van der Waals surface area contributed by atoms with E-state index in [1.54, 1.807) is 0 Å². The Hall–Kier alpha value is -1.40. The lowest BCUT2D eigenvalue weighted by atomic mass is 10.0. The second kappa shape index (κ2) is 6.68. The number of nitrogens with two attached hydrogens (primary N) is 1. The van der Waals surface area contributed by atoms with Crippen molar-refractivity contribution >= 4 is 15.9 Å². The summed E-state index contributed by atoms with van der Waals surface area (Å²) in [6.07, 6.45) is 2.99. The average Bonchev–Trinajstić information content (AvgIpc) is 2.91. The second-order valence-electron chi connectivity index (χ2n) is 4.24. The number of benzene rings is 1. The van der Waals surface area contributed by atoms with E-state index in [0.717, 1.165) is 28.6 Å². The topological polar surface area (TPSA) is 74.2 Å². The monoisotopic (exact) mass is 325 g/mol. The number of aromatic nitrogens is 2. The molecule has 5 nitrogen and oxygen atoms in total. The van der Waals surface area contributed by atoms with Gasteiger partial charge in [0, 0.05) is 6.04 Å². The molecule has 0 radical (unpaired) electrons. The van der Waals surface area contributed by atoms with E-state index in [-0.39, 0.29) is 12.6 Å². The fourth-order valence-electron chi connectivity index (χ4n) is 1.70. The fraction of sp³-hybridized carbons (Fsp3) is 0.385. The summed E-state index contributed by atoms with van der Waals surface area (Å²) in [5.74, 6) is 1.30. The highest BCUT2D eigenvalue weighted by Crippen LogP contribution is 2.30. The van der Waals surface area contributed by atoms with Gasteiger partial charge in [-0.3, -0.25) is 0 Å². The maximum Gasteiger partial charge on any atom is 0.213 e. The summed E-state index contributed by atoms with van der Waals surface area (Å²) in [5.41, 5.74) is 7.08. The molecule has 0 saturated heterocycles. The molecule has 0 bridgehead atoms. The molecule has 1 heterocycles. The van der Waals surface area contributed by atoms with E-state index in [1.807, 2.05) is 18.2 Å². The van der Waals surface area contributed by atoms with E-state index in [1.165, 1.54) is 6.39 Å². The Balaban J connectivity index is 2.13. The Bertz CT molecular complexity index is 517. The van der Waals surface area contributed by atoms with Crippen molar-refractivity contribution < 1.29 is 9.26 Å². The summed E-state index contributed by atoms with van der Waals surface area (Å²) in [6.45, 7) is 2.34. The first-order chi connectivity index (χ1) is 9.20. The molecule has 0 fully saturated rings. The van der Waals surface area contributed by atoms with Crippen LogP contribution in [0.3, 0.4) is 0 Å². The highest BCUT2D eigenvalue weighted by molar-refractivity contribution is 9.10. The molecule has 0 saturated carbocycles. The molecule has 0 spiro atoms. The van der Waals surface area contributed by atoms with E-state index in [0.29, 0.717) is 5.82 Å². The summed E-state index contributed by atoms with van der Waals surface area (Å²) in [6, 6.07) is 6.06. The number of hydrogen-bond donors (Lipinski definition) is 1. The Labute approximate surface area is 120 Å². The first-order valence-corrected chi connectivity index (χ1v) is 6.91. The molecule has 2 rings (SSSR count). The smallest absolute Gasteiger partial charge is 0.213 e. The molecular weight excluding hydrogens is 310 g/mol. The van der Waals surface area contributed by atoms with E-state index >= 15 is 0 Å². The van der Waals surface area contributed by atoms with Crippen molar-refractivity contribution in [3.63, 3.8) is 0 Å². The van der Waals surface area contributed by atoms with Gasteiger partial charge in [0.25, 0.3) is 0 Å². The van der Waals surface area contributed by atoms with Gasteiger partial charge < -0.3 is 15.0 Å². The van der Waals surface area contributed by atoms with Crippen LogP contribution in [0.2, 0.25) is 0 Å². The molecule has 6 heteroatoms. The van der Waals surface area contributed by atoms with Gasteiger partial charge in [0.1, 0.15) is 5.75 Å².